The summed E-state index contributed by atoms with van der Waals surface area (Å²) in [7, 11) is -3.79. The molecule has 3 aromatic rings. The quantitative estimate of drug-likeness (QED) is 0.713. The van der Waals surface area contributed by atoms with Gasteiger partial charge in [-0.25, -0.2) is 27.2 Å². The lowest BCUT2D eigenvalue weighted by molar-refractivity contribution is 0.580. The van der Waals surface area contributed by atoms with Crippen molar-refractivity contribution >= 4 is 21.6 Å². The zero-order chi connectivity index (χ0) is 17.9. The Balaban J connectivity index is 1.71. The molecule has 25 heavy (non-hydrogen) atoms. The van der Waals surface area contributed by atoms with Gasteiger partial charge in [-0.1, -0.05) is 35.9 Å². The third-order valence-electron chi connectivity index (χ3n) is 3.47. The first-order chi connectivity index (χ1) is 11.9. The van der Waals surface area contributed by atoms with Gasteiger partial charge in [0.05, 0.1) is 16.5 Å². The van der Waals surface area contributed by atoms with Crippen LogP contribution in [0.1, 0.15) is 11.1 Å². The van der Waals surface area contributed by atoms with Crippen LogP contribution in [0.25, 0.3) is 0 Å². The molecule has 6 nitrogen and oxygen atoms in total. The maximum Gasteiger partial charge on any atom is 0.240 e. The molecule has 0 radical (unpaired) electrons. The summed E-state index contributed by atoms with van der Waals surface area (Å²) in [5.41, 5.74) is 1.75. The van der Waals surface area contributed by atoms with E-state index in [0.717, 1.165) is 23.3 Å². The molecule has 0 saturated carbocycles. The zero-order valence-corrected chi connectivity index (χ0v) is 14.5. The molecule has 0 spiro atoms. The van der Waals surface area contributed by atoms with Crippen LogP contribution >= 0.6 is 11.6 Å². The van der Waals surface area contributed by atoms with Gasteiger partial charge in [-0.05, 0) is 29.3 Å². The van der Waals surface area contributed by atoms with Gasteiger partial charge in [0.15, 0.2) is 0 Å². The van der Waals surface area contributed by atoms with Gasteiger partial charge >= 0.3 is 0 Å². The Morgan fingerprint density at radius 2 is 1.96 bits per heavy atom. The minimum Gasteiger partial charge on any atom is -0.249 e. The molecule has 0 saturated heterocycles. The summed E-state index contributed by atoms with van der Waals surface area (Å²) in [6.07, 6.45) is 3.06. The third kappa shape index (κ3) is 4.41. The Hall–Kier alpha value is -2.29. The van der Waals surface area contributed by atoms with Crippen molar-refractivity contribution in [2.75, 3.05) is 0 Å². The van der Waals surface area contributed by atoms with E-state index < -0.39 is 15.8 Å². The number of benzene rings is 2. The fourth-order valence-corrected chi connectivity index (χ4v) is 3.53. The minimum absolute atomic E-state index is 0.0855. The van der Waals surface area contributed by atoms with Crippen molar-refractivity contribution in [3.05, 3.63) is 77.1 Å². The number of nitrogens with one attached hydrogen (secondary N) is 1. The molecule has 0 amide bonds. The molecular formula is C16H14ClFN4O2S. The molecule has 2 aromatic carbocycles. The molecule has 1 N–H and O–H groups in total. The normalized spacial score (nSPS) is 11.6. The molecule has 3 rings (SSSR count). The fourth-order valence-electron chi connectivity index (χ4n) is 2.25. The van der Waals surface area contributed by atoms with E-state index in [1.54, 1.807) is 11.0 Å². The Kier molecular flexibility index (Phi) is 5.12. The summed E-state index contributed by atoms with van der Waals surface area (Å²) in [6.45, 7) is 0.636. The largest absolute Gasteiger partial charge is 0.249 e. The highest BCUT2D eigenvalue weighted by Crippen LogP contribution is 2.19. The minimum atomic E-state index is -3.79. The number of rotatable bonds is 6. The Bertz CT molecular complexity index is 978. The van der Waals surface area contributed by atoms with Crippen LogP contribution in [0.4, 0.5) is 4.39 Å². The van der Waals surface area contributed by atoms with Gasteiger partial charge in [0, 0.05) is 6.54 Å². The second-order valence-electron chi connectivity index (χ2n) is 5.31. The first-order valence-electron chi connectivity index (χ1n) is 7.29. The number of halogens is 2. The van der Waals surface area contributed by atoms with Gasteiger partial charge in [0.2, 0.25) is 10.0 Å². The summed E-state index contributed by atoms with van der Waals surface area (Å²) in [5.74, 6) is -0.665. The van der Waals surface area contributed by atoms with E-state index in [9.17, 15) is 12.8 Å². The summed E-state index contributed by atoms with van der Waals surface area (Å²) in [6, 6.07) is 10.7. The maximum atomic E-state index is 13.2. The van der Waals surface area contributed by atoms with Crippen molar-refractivity contribution in [3.8, 4) is 0 Å². The van der Waals surface area contributed by atoms with Crippen molar-refractivity contribution in [2.24, 2.45) is 0 Å². The Morgan fingerprint density at radius 1 is 1.16 bits per heavy atom. The van der Waals surface area contributed by atoms with E-state index in [1.165, 1.54) is 12.4 Å². The molecule has 1 aromatic heterocycles. The van der Waals surface area contributed by atoms with Gasteiger partial charge in [-0.15, -0.1) is 0 Å². The highest BCUT2D eigenvalue weighted by atomic mass is 35.5. The van der Waals surface area contributed by atoms with Crippen molar-refractivity contribution in [3.63, 3.8) is 0 Å². The van der Waals surface area contributed by atoms with Crippen molar-refractivity contribution < 1.29 is 12.8 Å². The standard InChI is InChI=1S/C16H14ClFN4O2S/c17-15-7-14(4-5-16(15)18)25(23,24)21-8-12-2-1-3-13(6-12)9-22-11-19-10-20-22/h1-7,10-11,21H,8-9H2. The molecule has 130 valence electrons. The highest BCUT2D eigenvalue weighted by Gasteiger charge is 2.15. The van der Waals surface area contributed by atoms with Crippen LogP contribution in [0.5, 0.6) is 0 Å². The monoisotopic (exact) mass is 380 g/mol. The molecule has 0 bridgehead atoms. The van der Waals surface area contributed by atoms with Gasteiger partial charge in [-0.2, -0.15) is 5.10 Å². The maximum absolute atomic E-state index is 13.2. The summed E-state index contributed by atoms with van der Waals surface area (Å²) in [5, 5.41) is 3.79. The SMILES string of the molecule is O=S(=O)(NCc1cccc(Cn2cncn2)c1)c1ccc(F)c(Cl)c1. The van der Waals surface area contributed by atoms with Gasteiger partial charge in [0.25, 0.3) is 0 Å². The van der Waals surface area contributed by atoms with E-state index in [-0.39, 0.29) is 16.5 Å². The molecule has 0 aliphatic rings. The number of hydrogen-bond acceptors (Lipinski definition) is 4. The van der Waals surface area contributed by atoms with E-state index in [4.69, 9.17) is 11.6 Å². The summed E-state index contributed by atoms with van der Waals surface area (Å²) in [4.78, 5) is 3.79. The van der Waals surface area contributed by atoms with Crippen molar-refractivity contribution in [1.82, 2.24) is 19.5 Å². The molecular weight excluding hydrogens is 367 g/mol. The van der Waals surface area contributed by atoms with Crippen molar-refractivity contribution in [2.45, 2.75) is 18.0 Å². The number of hydrogen-bond donors (Lipinski definition) is 1. The molecule has 0 unspecified atom stereocenters. The molecule has 0 atom stereocenters. The molecule has 0 fully saturated rings. The smallest absolute Gasteiger partial charge is 0.240 e. The summed E-state index contributed by atoms with van der Waals surface area (Å²) >= 11 is 5.64. The predicted molar refractivity (Wildman–Crippen MR) is 91.0 cm³/mol. The Morgan fingerprint density at radius 3 is 2.68 bits per heavy atom. The zero-order valence-electron chi connectivity index (χ0n) is 12.9. The van der Waals surface area contributed by atoms with Gasteiger partial charge in [0.1, 0.15) is 18.5 Å². The van der Waals surface area contributed by atoms with Crippen LogP contribution in [0.15, 0.2) is 60.0 Å². The lowest BCUT2D eigenvalue weighted by Gasteiger charge is -2.09. The molecule has 9 heteroatoms. The van der Waals surface area contributed by atoms with Crippen LogP contribution in [0.2, 0.25) is 5.02 Å². The van der Waals surface area contributed by atoms with Gasteiger partial charge in [-0.3, -0.25) is 0 Å². The number of nitrogens with zero attached hydrogens (tertiary/aromatic N) is 3. The number of sulfonamides is 1. The van der Waals surface area contributed by atoms with Crippen LogP contribution in [0, 0.1) is 5.82 Å². The molecule has 0 aliphatic carbocycles. The Labute approximate surface area is 149 Å². The highest BCUT2D eigenvalue weighted by molar-refractivity contribution is 7.89. The topological polar surface area (TPSA) is 76.9 Å². The second-order valence-corrected chi connectivity index (χ2v) is 7.49. The van der Waals surface area contributed by atoms with E-state index in [1.807, 2.05) is 24.3 Å². The average Bonchev–Trinajstić information content (AvgIpc) is 3.09. The lowest BCUT2D eigenvalue weighted by atomic mass is 10.1. The van der Waals surface area contributed by atoms with E-state index in [2.05, 4.69) is 14.8 Å². The lowest BCUT2D eigenvalue weighted by Crippen LogP contribution is -2.23. The first kappa shape index (κ1) is 17.5. The van der Waals surface area contributed by atoms with Crippen LogP contribution < -0.4 is 4.72 Å². The first-order valence-corrected chi connectivity index (χ1v) is 9.15. The average molecular weight is 381 g/mol. The van der Waals surface area contributed by atoms with Crippen LogP contribution in [-0.4, -0.2) is 23.2 Å². The summed E-state index contributed by atoms with van der Waals surface area (Å²) < 4.78 is 41.9. The van der Waals surface area contributed by atoms with E-state index in [0.29, 0.717) is 6.54 Å². The molecule has 0 aliphatic heterocycles. The third-order valence-corrected chi connectivity index (χ3v) is 5.16. The van der Waals surface area contributed by atoms with E-state index >= 15 is 0 Å². The molecule has 1 heterocycles. The fraction of sp³-hybridized carbons (Fsp3) is 0.125. The number of aromatic nitrogens is 3. The van der Waals surface area contributed by atoms with Crippen LogP contribution in [-0.2, 0) is 23.1 Å². The van der Waals surface area contributed by atoms with Crippen LogP contribution in [0.3, 0.4) is 0 Å². The van der Waals surface area contributed by atoms with Gasteiger partial charge < -0.3 is 0 Å². The predicted octanol–water partition coefficient (Wildman–Crippen LogP) is 2.60. The van der Waals surface area contributed by atoms with Crippen molar-refractivity contribution in [1.29, 1.82) is 0 Å². The second kappa shape index (κ2) is 7.30.